The van der Waals surface area contributed by atoms with Crippen LogP contribution in [0.15, 0.2) is 24.3 Å². The maximum absolute atomic E-state index is 12.1. The summed E-state index contributed by atoms with van der Waals surface area (Å²) in [6.07, 6.45) is -0.269. The van der Waals surface area contributed by atoms with Crippen LogP contribution in [0.3, 0.4) is 0 Å². The van der Waals surface area contributed by atoms with Crippen LogP contribution in [0.4, 0.5) is 22.4 Å². The van der Waals surface area contributed by atoms with E-state index >= 15 is 0 Å². The van der Waals surface area contributed by atoms with Gasteiger partial charge in [-0.05, 0) is 45.0 Å². The van der Waals surface area contributed by atoms with Crippen molar-refractivity contribution in [3.63, 3.8) is 0 Å². The van der Waals surface area contributed by atoms with E-state index in [1.54, 1.807) is 4.90 Å². The number of nitrogen functional groups attached to an aromatic ring is 1. The molecule has 0 aliphatic carbocycles. The normalized spacial score (nSPS) is 17.1. The molecule has 3 N–H and O–H groups in total. The van der Waals surface area contributed by atoms with Gasteiger partial charge in [0.15, 0.2) is 5.82 Å². The summed E-state index contributed by atoms with van der Waals surface area (Å²) in [4.78, 5) is 29.9. The summed E-state index contributed by atoms with van der Waals surface area (Å²) >= 11 is 0. The number of ether oxygens (including phenoxy) is 2. The van der Waals surface area contributed by atoms with Crippen molar-refractivity contribution >= 4 is 23.7 Å². The highest BCUT2D eigenvalue weighted by Crippen LogP contribution is 2.23. The first-order valence-electron chi connectivity index (χ1n) is 10.9. The average Bonchev–Trinajstić information content (AvgIpc) is 2.72. The van der Waals surface area contributed by atoms with Crippen LogP contribution in [0.1, 0.15) is 20.8 Å². The average molecular weight is 442 g/mol. The van der Waals surface area contributed by atoms with E-state index in [2.05, 4.69) is 25.2 Å². The molecule has 1 aromatic heterocycles. The number of anilines is 3. The minimum atomic E-state index is -0.486. The Labute approximate surface area is 188 Å². The number of morpholine rings is 1. The van der Waals surface area contributed by atoms with Crippen LogP contribution < -0.4 is 16.0 Å². The zero-order chi connectivity index (χ0) is 22.7. The number of benzene rings is 1. The Balaban J connectivity index is 1.43. The lowest BCUT2D eigenvalue weighted by atomic mass is 10.0. The molecule has 3 heterocycles. The first-order chi connectivity index (χ1) is 15.3. The number of likely N-dealkylation sites (tertiary alicyclic amines) is 1. The van der Waals surface area contributed by atoms with Gasteiger partial charge in [-0.25, -0.2) is 4.79 Å². The molecule has 0 saturated carbocycles. The summed E-state index contributed by atoms with van der Waals surface area (Å²) in [7, 11) is 0. The molecule has 32 heavy (non-hydrogen) atoms. The molecule has 4 rings (SSSR count). The lowest BCUT2D eigenvalue weighted by molar-refractivity contribution is 0.000831. The van der Waals surface area contributed by atoms with Gasteiger partial charge in [-0.2, -0.15) is 15.0 Å². The number of nitrogens with one attached hydrogen (secondary N) is 1. The number of nitrogens with two attached hydrogens (primary N) is 1. The van der Waals surface area contributed by atoms with Crippen molar-refractivity contribution < 1.29 is 14.3 Å². The zero-order valence-corrected chi connectivity index (χ0v) is 18.9. The SMILES string of the molecule is CC(C)(C)OC(=O)N1CC(CNc2nc(-c3ccc(N)cc3)nc(N3CCOCC3)n2)C1. The number of hydrogen-bond acceptors (Lipinski definition) is 9. The minimum absolute atomic E-state index is 0.269. The Hall–Kier alpha value is -3.14. The predicted molar refractivity (Wildman–Crippen MR) is 122 cm³/mol. The van der Waals surface area contributed by atoms with E-state index in [0.717, 1.165) is 18.7 Å². The number of carbonyl (C=O) groups is 1. The first-order valence-corrected chi connectivity index (χ1v) is 10.9. The Morgan fingerprint density at radius 2 is 1.84 bits per heavy atom. The molecule has 2 aliphatic rings. The lowest BCUT2D eigenvalue weighted by Gasteiger charge is -2.39. The fourth-order valence-corrected chi connectivity index (χ4v) is 3.52. The molecule has 1 amide bonds. The van der Waals surface area contributed by atoms with Gasteiger partial charge in [-0.3, -0.25) is 0 Å². The summed E-state index contributed by atoms with van der Waals surface area (Å²) in [5, 5.41) is 3.33. The van der Waals surface area contributed by atoms with Gasteiger partial charge in [0.25, 0.3) is 0 Å². The van der Waals surface area contributed by atoms with Crippen LogP contribution in [0.25, 0.3) is 11.4 Å². The largest absolute Gasteiger partial charge is 0.444 e. The summed E-state index contributed by atoms with van der Waals surface area (Å²) < 4.78 is 10.9. The van der Waals surface area contributed by atoms with Gasteiger partial charge >= 0.3 is 6.09 Å². The minimum Gasteiger partial charge on any atom is -0.444 e. The summed E-state index contributed by atoms with van der Waals surface area (Å²) in [6.45, 7) is 10.3. The van der Waals surface area contributed by atoms with E-state index in [4.69, 9.17) is 15.2 Å². The molecule has 172 valence electrons. The molecule has 0 spiro atoms. The number of hydrogen-bond donors (Lipinski definition) is 2. The van der Waals surface area contributed by atoms with Crippen molar-refractivity contribution in [2.75, 3.05) is 61.9 Å². The number of rotatable bonds is 5. The smallest absolute Gasteiger partial charge is 0.410 e. The third-order valence-corrected chi connectivity index (χ3v) is 5.24. The molecule has 1 aromatic carbocycles. The van der Waals surface area contributed by atoms with Crippen molar-refractivity contribution in [1.29, 1.82) is 0 Å². The summed E-state index contributed by atoms with van der Waals surface area (Å²) in [6, 6.07) is 7.48. The fourth-order valence-electron chi connectivity index (χ4n) is 3.52. The van der Waals surface area contributed by atoms with Crippen LogP contribution in [0.5, 0.6) is 0 Å². The lowest BCUT2D eigenvalue weighted by Crippen LogP contribution is -2.53. The molecule has 0 bridgehead atoms. The van der Waals surface area contributed by atoms with Gasteiger partial charge in [0.1, 0.15) is 5.60 Å². The van der Waals surface area contributed by atoms with Crippen LogP contribution in [0, 0.1) is 5.92 Å². The van der Waals surface area contributed by atoms with Crippen molar-refractivity contribution in [3.05, 3.63) is 24.3 Å². The van der Waals surface area contributed by atoms with Crippen molar-refractivity contribution in [2.45, 2.75) is 26.4 Å². The molecule has 10 heteroatoms. The maximum atomic E-state index is 12.1. The zero-order valence-electron chi connectivity index (χ0n) is 18.9. The van der Waals surface area contributed by atoms with Gasteiger partial charge in [-0.15, -0.1) is 0 Å². The van der Waals surface area contributed by atoms with Gasteiger partial charge in [0.2, 0.25) is 11.9 Å². The monoisotopic (exact) mass is 441 g/mol. The maximum Gasteiger partial charge on any atom is 0.410 e. The Morgan fingerprint density at radius 1 is 1.16 bits per heavy atom. The predicted octanol–water partition coefficient (Wildman–Crippen LogP) is 2.24. The molecule has 2 saturated heterocycles. The first kappa shape index (κ1) is 22.1. The van der Waals surface area contributed by atoms with Crippen LogP contribution in [-0.4, -0.2) is 77.5 Å². The van der Waals surface area contributed by atoms with E-state index in [0.29, 0.717) is 62.2 Å². The third-order valence-electron chi connectivity index (χ3n) is 5.24. The summed E-state index contributed by atoms with van der Waals surface area (Å²) in [5.74, 6) is 2.05. The number of carbonyl (C=O) groups excluding carboxylic acids is 1. The molecular weight excluding hydrogens is 410 g/mol. The molecule has 0 unspecified atom stereocenters. The van der Waals surface area contributed by atoms with E-state index in [1.165, 1.54) is 0 Å². The van der Waals surface area contributed by atoms with Crippen LogP contribution in [0.2, 0.25) is 0 Å². The molecule has 2 aromatic rings. The Morgan fingerprint density at radius 3 is 2.50 bits per heavy atom. The van der Waals surface area contributed by atoms with Gasteiger partial charge in [-0.1, -0.05) is 0 Å². The number of aromatic nitrogens is 3. The van der Waals surface area contributed by atoms with E-state index in [1.807, 2.05) is 45.0 Å². The van der Waals surface area contributed by atoms with Crippen molar-refractivity contribution in [2.24, 2.45) is 5.92 Å². The standard InChI is InChI=1S/C22H31N7O3/c1-22(2,3)32-21(30)29-13-15(14-29)12-24-19-25-18(16-4-6-17(23)7-5-16)26-20(27-19)28-8-10-31-11-9-28/h4-7,15H,8-14,23H2,1-3H3,(H,24,25,26,27). The number of nitrogens with zero attached hydrogens (tertiary/aromatic N) is 5. The second-order valence-corrected chi connectivity index (χ2v) is 9.14. The second kappa shape index (κ2) is 9.15. The van der Waals surface area contributed by atoms with E-state index in [9.17, 15) is 4.79 Å². The topological polar surface area (TPSA) is 119 Å². The van der Waals surface area contributed by atoms with Gasteiger partial charge < -0.3 is 30.3 Å². The highest BCUT2D eigenvalue weighted by atomic mass is 16.6. The van der Waals surface area contributed by atoms with E-state index < -0.39 is 5.60 Å². The van der Waals surface area contributed by atoms with Gasteiger partial charge in [0.05, 0.1) is 13.2 Å². The quantitative estimate of drug-likeness (QED) is 0.673. The third kappa shape index (κ3) is 5.56. The molecule has 10 nitrogen and oxygen atoms in total. The Bertz CT molecular complexity index is 934. The summed E-state index contributed by atoms with van der Waals surface area (Å²) in [5.41, 5.74) is 6.90. The van der Waals surface area contributed by atoms with Gasteiger partial charge in [0, 0.05) is 49.9 Å². The van der Waals surface area contributed by atoms with Crippen LogP contribution in [-0.2, 0) is 9.47 Å². The highest BCUT2D eigenvalue weighted by molar-refractivity contribution is 5.69. The molecule has 0 atom stereocenters. The molecular formula is C22H31N7O3. The van der Waals surface area contributed by atoms with E-state index in [-0.39, 0.29) is 6.09 Å². The molecule has 2 aliphatic heterocycles. The molecule has 2 fully saturated rings. The highest BCUT2D eigenvalue weighted by Gasteiger charge is 2.33. The fraction of sp³-hybridized carbons (Fsp3) is 0.545. The van der Waals surface area contributed by atoms with Crippen molar-refractivity contribution in [1.82, 2.24) is 19.9 Å². The second-order valence-electron chi connectivity index (χ2n) is 9.14. The molecule has 0 radical (unpaired) electrons. The Kier molecular flexibility index (Phi) is 6.31. The van der Waals surface area contributed by atoms with Crippen molar-refractivity contribution in [3.8, 4) is 11.4 Å². The number of amides is 1. The van der Waals surface area contributed by atoms with Crippen LogP contribution >= 0.6 is 0 Å².